The lowest BCUT2D eigenvalue weighted by Gasteiger charge is -2.07. The second-order valence-electron chi connectivity index (χ2n) is 3.51. The van der Waals surface area contributed by atoms with Crippen molar-refractivity contribution in [3.63, 3.8) is 0 Å². The highest BCUT2D eigenvalue weighted by molar-refractivity contribution is 5.90. The van der Waals surface area contributed by atoms with Crippen LogP contribution in [0.15, 0.2) is 24.3 Å². The average molecular weight is 237 g/mol. The molecule has 0 aliphatic heterocycles. The normalized spacial score (nSPS) is 9.71. The Bertz CT molecular complexity index is 403. The summed E-state index contributed by atoms with van der Waals surface area (Å²) in [5.41, 5.74) is 0.603. The van der Waals surface area contributed by atoms with Crippen molar-refractivity contribution < 1.29 is 19.4 Å². The van der Waals surface area contributed by atoms with E-state index in [1.807, 2.05) is 6.92 Å². The topological polar surface area (TPSA) is 75.6 Å². The third kappa shape index (κ3) is 5.01. The summed E-state index contributed by atoms with van der Waals surface area (Å²) in [6.45, 7) is 1.53. The molecule has 5 nitrogen and oxygen atoms in total. The number of hydrogen-bond donors (Lipinski definition) is 2. The van der Waals surface area contributed by atoms with E-state index in [0.717, 1.165) is 6.42 Å². The number of ether oxygens (including phenoxy) is 1. The van der Waals surface area contributed by atoms with Gasteiger partial charge in [0.1, 0.15) is 5.75 Å². The minimum absolute atomic E-state index is 0.0668. The van der Waals surface area contributed by atoms with E-state index < -0.39 is 12.6 Å². The third-order valence-corrected chi connectivity index (χ3v) is 1.96. The van der Waals surface area contributed by atoms with E-state index in [2.05, 4.69) is 5.32 Å². The first kappa shape index (κ1) is 13.0. The standard InChI is InChI=1S/C12H15NO4/c1-2-4-11(14)13-9-5-3-6-10(7-9)17-8-12(15)16/h3,5-7H,2,4,8H2,1H3,(H,13,14)(H,15,16). The summed E-state index contributed by atoms with van der Waals surface area (Å²) < 4.78 is 5.00. The van der Waals surface area contributed by atoms with Crippen molar-refractivity contribution in [2.45, 2.75) is 19.8 Å². The van der Waals surface area contributed by atoms with Crippen LogP contribution in [0.5, 0.6) is 5.75 Å². The summed E-state index contributed by atoms with van der Waals surface area (Å²) in [4.78, 5) is 21.7. The molecule has 92 valence electrons. The van der Waals surface area contributed by atoms with Crippen LogP contribution in [0.25, 0.3) is 0 Å². The van der Waals surface area contributed by atoms with E-state index in [4.69, 9.17) is 9.84 Å². The van der Waals surface area contributed by atoms with Crippen molar-refractivity contribution in [2.24, 2.45) is 0 Å². The molecule has 0 aromatic heterocycles. The molecule has 0 bridgehead atoms. The maximum atomic E-state index is 11.3. The predicted octanol–water partition coefficient (Wildman–Crippen LogP) is 1.89. The van der Waals surface area contributed by atoms with Crippen LogP contribution in [0.1, 0.15) is 19.8 Å². The highest BCUT2D eigenvalue weighted by Crippen LogP contribution is 2.17. The molecule has 0 atom stereocenters. The molecule has 0 unspecified atom stereocenters. The zero-order valence-electron chi connectivity index (χ0n) is 9.60. The molecule has 1 aromatic carbocycles. The quantitative estimate of drug-likeness (QED) is 0.792. The first-order chi connectivity index (χ1) is 8.11. The maximum absolute atomic E-state index is 11.3. The molecule has 0 aliphatic carbocycles. The third-order valence-electron chi connectivity index (χ3n) is 1.96. The molecule has 0 radical (unpaired) electrons. The molecule has 1 aromatic rings. The number of carbonyl (C=O) groups excluding carboxylic acids is 1. The van der Waals surface area contributed by atoms with E-state index in [0.29, 0.717) is 17.9 Å². The summed E-state index contributed by atoms with van der Waals surface area (Å²) in [5, 5.41) is 11.2. The fourth-order valence-electron chi connectivity index (χ4n) is 1.26. The van der Waals surface area contributed by atoms with Gasteiger partial charge in [0.15, 0.2) is 6.61 Å². The zero-order chi connectivity index (χ0) is 12.7. The SMILES string of the molecule is CCCC(=O)Nc1cccc(OCC(=O)O)c1. The highest BCUT2D eigenvalue weighted by Gasteiger charge is 2.03. The Morgan fingerprint density at radius 3 is 2.82 bits per heavy atom. The van der Waals surface area contributed by atoms with Crippen molar-refractivity contribution in [2.75, 3.05) is 11.9 Å². The number of rotatable bonds is 6. The molecule has 0 spiro atoms. The zero-order valence-corrected chi connectivity index (χ0v) is 9.60. The predicted molar refractivity (Wildman–Crippen MR) is 63.1 cm³/mol. The fraction of sp³-hybridized carbons (Fsp3) is 0.333. The number of nitrogens with one attached hydrogen (secondary N) is 1. The second kappa shape index (κ2) is 6.52. The van der Waals surface area contributed by atoms with E-state index in [-0.39, 0.29) is 5.91 Å². The number of benzene rings is 1. The number of carbonyl (C=O) groups is 2. The van der Waals surface area contributed by atoms with E-state index in [1.54, 1.807) is 24.3 Å². The lowest BCUT2D eigenvalue weighted by atomic mass is 10.2. The van der Waals surface area contributed by atoms with Crippen molar-refractivity contribution in [1.82, 2.24) is 0 Å². The Hall–Kier alpha value is -2.04. The van der Waals surface area contributed by atoms with Crippen molar-refractivity contribution in [3.05, 3.63) is 24.3 Å². The first-order valence-corrected chi connectivity index (χ1v) is 5.36. The number of anilines is 1. The Morgan fingerprint density at radius 1 is 1.41 bits per heavy atom. The Morgan fingerprint density at radius 2 is 2.18 bits per heavy atom. The second-order valence-corrected chi connectivity index (χ2v) is 3.51. The van der Waals surface area contributed by atoms with Crippen molar-refractivity contribution >= 4 is 17.6 Å². The monoisotopic (exact) mass is 237 g/mol. The van der Waals surface area contributed by atoms with Gasteiger partial charge in [-0.3, -0.25) is 4.79 Å². The van der Waals surface area contributed by atoms with Gasteiger partial charge in [0.2, 0.25) is 5.91 Å². The smallest absolute Gasteiger partial charge is 0.341 e. The largest absolute Gasteiger partial charge is 0.482 e. The van der Waals surface area contributed by atoms with E-state index in [9.17, 15) is 9.59 Å². The summed E-state index contributed by atoms with van der Waals surface area (Å²) in [6.07, 6.45) is 1.24. The van der Waals surface area contributed by atoms with E-state index >= 15 is 0 Å². The minimum Gasteiger partial charge on any atom is -0.482 e. The Labute approximate surface area is 99.4 Å². The number of carboxylic acids is 1. The van der Waals surface area contributed by atoms with Crippen LogP contribution in [0.3, 0.4) is 0 Å². The summed E-state index contributed by atoms with van der Waals surface area (Å²) in [7, 11) is 0. The van der Waals surface area contributed by atoms with Crippen LogP contribution in [0.2, 0.25) is 0 Å². The van der Waals surface area contributed by atoms with Gasteiger partial charge in [0, 0.05) is 18.2 Å². The Balaban J connectivity index is 2.59. The minimum atomic E-state index is -1.04. The molecule has 0 saturated carbocycles. The van der Waals surface area contributed by atoms with Crippen LogP contribution < -0.4 is 10.1 Å². The number of carboxylic acid groups (broad SMARTS) is 1. The van der Waals surface area contributed by atoms with Gasteiger partial charge in [-0.2, -0.15) is 0 Å². The summed E-state index contributed by atoms with van der Waals surface area (Å²) in [5.74, 6) is -0.685. The van der Waals surface area contributed by atoms with Crippen molar-refractivity contribution in [3.8, 4) is 5.75 Å². The van der Waals surface area contributed by atoms with Gasteiger partial charge >= 0.3 is 5.97 Å². The van der Waals surface area contributed by atoms with Gasteiger partial charge in [0.05, 0.1) is 0 Å². The molecule has 0 fully saturated rings. The van der Waals surface area contributed by atoms with Crippen LogP contribution in [-0.4, -0.2) is 23.6 Å². The molecule has 0 heterocycles. The number of hydrogen-bond acceptors (Lipinski definition) is 3. The lowest BCUT2D eigenvalue weighted by Crippen LogP contribution is -2.11. The number of amides is 1. The molecule has 0 saturated heterocycles. The Kier molecular flexibility index (Phi) is 5.00. The van der Waals surface area contributed by atoms with Gasteiger partial charge in [-0.15, -0.1) is 0 Å². The van der Waals surface area contributed by atoms with Gasteiger partial charge in [-0.25, -0.2) is 4.79 Å². The van der Waals surface area contributed by atoms with Gasteiger partial charge in [0.25, 0.3) is 0 Å². The molecule has 2 N–H and O–H groups in total. The molecule has 5 heteroatoms. The van der Waals surface area contributed by atoms with E-state index in [1.165, 1.54) is 0 Å². The number of aliphatic carboxylic acids is 1. The molecule has 0 aliphatic rings. The van der Waals surface area contributed by atoms with Gasteiger partial charge in [-0.1, -0.05) is 13.0 Å². The van der Waals surface area contributed by atoms with Gasteiger partial charge in [-0.05, 0) is 18.6 Å². The van der Waals surface area contributed by atoms with Gasteiger partial charge < -0.3 is 15.2 Å². The van der Waals surface area contributed by atoms with Crippen LogP contribution in [-0.2, 0) is 9.59 Å². The highest BCUT2D eigenvalue weighted by atomic mass is 16.5. The van der Waals surface area contributed by atoms with Crippen molar-refractivity contribution in [1.29, 1.82) is 0 Å². The first-order valence-electron chi connectivity index (χ1n) is 5.36. The lowest BCUT2D eigenvalue weighted by molar-refractivity contribution is -0.139. The van der Waals surface area contributed by atoms with Crippen LogP contribution >= 0.6 is 0 Å². The molecule has 1 amide bonds. The maximum Gasteiger partial charge on any atom is 0.341 e. The summed E-state index contributed by atoms with van der Waals surface area (Å²) in [6, 6.07) is 6.65. The molecule has 1 rings (SSSR count). The molecular weight excluding hydrogens is 222 g/mol. The molecule has 17 heavy (non-hydrogen) atoms. The van der Waals surface area contributed by atoms with Crippen LogP contribution in [0, 0.1) is 0 Å². The average Bonchev–Trinajstić information content (AvgIpc) is 2.27. The summed E-state index contributed by atoms with van der Waals surface area (Å²) >= 11 is 0. The van der Waals surface area contributed by atoms with Crippen LogP contribution in [0.4, 0.5) is 5.69 Å². The molecular formula is C12H15NO4. The fourth-order valence-corrected chi connectivity index (χ4v) is 1.26.